The molecule has 7 heterocycles. The number of aromatic nitrogens is 2. The first-order chi connectivity index (χ1) is 27.9. The second-order valence-corrected chi connectivity index (χ2v) is 17.7. The summed E-state index contributed by atoms with van der Waals surface area (Å²) in [5, 5.41) is 25.5. The first kappa shape index (κ1) is 38.4. The number of carbonyl (C=O) groups is 4. The monoisotopic (exact) mass is 810 g/mol. The van der Waals surface area contributed by atoms with E-state index in [1.54, 1.807) is 23.1 Å². The summed E-state index contributed by atoms with van der Waals surface area (Å²) in [6.07, 6.45) is 2.69. The number of anilines is 3. The number of hydrogen-bond donors (Lipinski definition) is 3. The Balaban J connectivity index is 0.783. The lowest BCUT2D eigenvalue weighted by molar-refractivity contribution is -0.136. The molecule has 4 fully saturated rings. The second kappa shape index (κ2) is 14.9. The fourth-order valence-corrected chi connectivity index (χ4v) is 10.4. The fourth-order valence-electron chi connectivity index (χ4n) is 10.2. The summed E-state index contributed by atoms with van der Waals surface area (Å²) in [4.78, 5) is 64.8. The van der Waals surface area contributed by atoms with Crippen LogP contribution in [0.15, 0.2) is 42.5 Å². The van der Waals surface area contributed by atoms with Crippen LogP contribution < -0.4 is 20.4 Å². The maximum absolute atomic E-state index is 14.3. The smallest absolute Gasteiger partial charge is 0.320 e. The molecule has 3 N–H and O–H groups in total. The van der Waals surface area contributed by atoms with Crippen LogP contribution in [0.3, 0.4) is 0 Å². The standard InChI is InChI=1S/C42H51ClN10O5/c1-25-19-48(21-27-11-13-49(14-12-27)29-8-7-28-22-51(40(57)31(28)17-29)34-9-10-36(54)45-39(34)56)20-26(2)53(25)41(58)50-15-16-52-35-18-33(30-5-4-6-32(43)37(30)55)46-47-38(35)44-23-42(52,3)24-50/h4-8,17-18,25-27,34,55H,9-16,19-24H2,1-3H3,(H,44,47)(H,45,54,56)/t25-,26+,34-,42-/m1/s1. The van der Waals surface area contributed by atoms with E-state index in [-0.39, 0.29) is 58.6 Å². The minimum atomic E-state index is -0.612. The van der Waals surface area contributed by atoms with Crippen molar-refractivity contribution in [2.24, 2.45) is 5.92 Å². The molecule has 3 aromatic rings. The Morgan fingerprint density at radius 1 is 0.966 bits per heavy atom. The van der Waals surface area contributed by atoms with Crippen molar-refractivity contribution in [2.75, 3.05) is 74.0 Å². The van der Waals surface area contributed by atoms with Crippen molar-refractivity contribution in [3.05, 3.63) is 58.6 Å². The number of nitrogens with zero attached hydrogens (tertiary/aromatic N) is 8. The lowest BCUT2D eigenvalue weighted by Crippen LogP contribution is -2.69. The van der Waals surface area contributed by atoms with Crippen LogP contribution in [-0.4, -0.2) is 141 Å². The number of imide groups is 1. The number of phenols is 1. The van der Waals surface area contributed by atoms with E-state index in [0.29, 0.717) is 67.7 Å². The van der Waals surface area contributed by atoms with Gasteiger partial charge in [-0.3, -0.25) is 24.6 Å². The Bertz CT molecular complexity index is 2150. The summed E-state index contributed by atoms with van der Waals surface area (Å²) in [6, 6.07) is 12.8. The Morgan fingerprint density at radius 2 is 1.74 bits per heavy atom. The number of nitrogens with one attached hydrogen (secondary N) is 2. The number of hydrogen-bond acceptors (Lipinski definition) is 11. The average Bonchev–Trinajstić information content (AvgIpc) is 3.53. The molecule has 4 atom stereocenters. The highest BCUT2D eigenvalue weighted by Crippen LogP contribution is 2.41. The molecule has 58 heavy (non-hydrogen) atoms. The zero-order chi connectivity index (χ0) is 40.5. The van der Waals surface area contributed by atoms with E-state index < -0.39 is 6.04 Å². The molecule has 9 rings (SSSR count). The first-order valence-corrected chi connectivity index (χ1v) is 20.9. The van der Waals surface area contributed by atoms with Crippen LogP contribution in [0.1, 0.15) is 62.4 Å². The van der Waals surface area contributed by atoms with Gasteiger partial charge < -0.3 is 34.9 Å². The van der Waals surface area contributed by atoms with Crippen LogP contribution >= 0.6 is 11.6 Å². The molecule has 15 nitrogen and oxygen atoms in total. The van der Waals surface area contributed by atoms with Gasteiger partial charge in [-0.15, -0.1) is 10.2 Å². The van der Waals surface area contributed by atoms with Crippen molar-refractivity contribution in [3.63, 3.8) is 0 Å². The van der Waals surface area contributed by atoms with Crippen LogP contribution in [0.5, 0.6) is 5.75 Å². The summed E-state index contributed by atoms with van der Waals surface area (Å²) in [7, 11) is 0. The molecule has 0 unspecified atom stereocenters. The molecule has 0 spiro atoms. The number of halogens is 1. The zero-order valence-corrected chi connectivity index (χ0v) is 34.0. The average molecular weight is 811 g/mol. The lowest BCUT2D eigenvalue weighted by atomic mass is 9.92. The van der Waals surface area contributed by atoms with Gasteiger partial charge in [0.1, 0.15) is 11.8 Å². The normalized spacial score (nSPS) is 26.6. The summed E-state index contributed by atoms with van der Waals surface area (Å²) >= 11 is 6.20. The molecule has 0 aliphatic carbocycles. The topological polar surface area (TPSA) is 158 Å². The number of fused-ring (bicyclic) bond motifs is 4. The Kier molecular flexibility index (Phi) is 9.86. The molecule has 306 valence electrons. The Labute approximate surface area is 343 Å². The van der Waals surface area contributed by atoms with E-state index in [1.807, 2.05) is 23.1 Å². The molecule has 4 saturated heterocycles. The maximum Gasteiger partial charge on any atom is 0.320 e. The van der Waals surface area contributed by atoms with E-state index >= 15 is 0 Å². The number of para-hydroxylation sites is 1. The molecule has 0 bridgehead atoms. The van der Waals surface area contributed by atoms with Crippen molar-refractivity contribution in [1.82, 2.24) is 35.1 Å². The second-order valence-electron chi connectivity index (χ2n) is 17.3. The van der Waals surface area contributed by atoms with Gasteiger partial charge in [-0.05, 0) is 81.8 Å². The largest absolute Gasteiger partial charge is 0.506 e. The van der Waals surface area contributed by atoms with Crippen LogP contribution in [0.25, 0.3) is 11.3 Å². The number of urea groups is 1. The number of phenolic OH excluding ortho intramolecular Hbond substituents is 1. The molecule has 2 aromatic carbocycles. The Morgan fingerprint density at radius 3 is 2.50 bits per heavy atom. The number of benzene rings is 2. The third-order valence-electron chi connectivity index (χ3n) is 13.2. The minimum Gasteiger partial charge on any atom is -0.506 e. The number of piperidine rings is 2. The van der Waals surface area contributed by atoms with Crippen molar-refractivity contribution in [1.29, 1.82) is 0 Å². The Hall–Kier alpha value is -5.15. The van der Waals surface area contributed by atoms with Crippen LogP contribution in [-0.2, 0) is 16.1 Å². The van der Waals surface area contributed by atoms with Gasteiger partial charge in [0.05, 0.1) is 21.9 Å². The molecular formula is C42H51ClN10O5. The predicted octanol–water partition coefficient (Wildman–Crippen LogP) is 4.00. The van der Waals surface area contributed by atoms with Crippen molar-refractivity contribution >= 4 is 52.5 Å². The van der Waals surface area contributed by atoms with Gasteiger partial charge in [-0.2, -0.15) is 0 Å². The number of piperazine rings is 2. The molecular weight excluding hydrogens is 760 g/mol. The van der Waals surface area contributed by atoms with Crippen molar-refractivity contribution < 1.29 is 24.3 Å². The summed E-state index contributed by atoms with van der Waals surface area (Å²) in [5.41, 5.74) is 4.18. The minimum absolute atomic E-state index is 0.0247. The summed E-state index contributed by atoms with van der Waals surface area (Å²) < 4.78 is 0. The number of carbonyl (C=O) groups excluding carboxylic acids is 4. The van der Waals surface area contributed by atoms with Crippen LogP contribution in [0, 0.1) is 5.92 Å². The van der Waals surface area contributed by atoms with Crippen molar-refractivity contribution in [3.8, 4) is 17.0 Å². The van der Waals surface area contributed by atoms with E-state index in [1.165, 1.54) is 0 Å². The third-order valence-corrected chi connectivity index (χ3v) is 13.5. The van der Waals surface area contributed by atoms with Gasteiger partial charge in [-0.25, -0.2) is 4.79 Å². The molecule has 0 saturated carbocycles. The van der Waals surface area contributed by atoms with Gasteiger partial charge in [-0.1, -0.05) is 23.7 Å². The number of aromatic hydroxyl groups is 1. The van der Waals surface area contributed by atoms with E-state index in [9.17, 15) is 24.3 Å². The maximum atomic E-state index is 14.3. The van der Waals surface area contributed by atoms with Crippen molar-refractivity contribution in [2.45, 2.75) is 76.7 Å². The van der Waals surface area contributed by atoms with E-state index in [4.69, 9.17) is 11.6 Å². The van der Waals surface area contributed by atoms with Gasteiger partial charge in [0.2, 0.25) is 11.8 Å². The highest BCUT2D eigenvalue weighted by atomic mass is 35.5. The van der Waals surface area contributed by atoms with Crippen LogP contribution in [0.4, 0.5) is 22.0 Å². The molecule has 5 amide bonds. The number of rotatable bonds is 5. The lowest BCUT2D eigenvalue weighted by Gasteiger charge is -2.54. The number of amides is 5. The molecule has 16 heteroatoms. The fraction of sp³-hybridized carbons (Fsp3) is 0.524. The summed E-state index contributed by atoms with van der Waals surface area (Å²) in [5.74, 6) is 0.388. The SMILES string of the molecule is C[C@@H]1CN(CC2CCN(c3ccc4c(c3)C(=O)N([C@@H]3CCC(=O)NC3=O)C4)CC2)C[C@H](C)N1C(=O)N1CCN2c3cc(-c4cccc(Cl)c4O)nnc3NC[C@]2(C)C1. The quantitative estimate of drug-likeness (QED) is 0.320. The van der Waals surface area contributed by atoms with Gasteiger partial charge in [0.25, 0.3) is 5.91 Å². The first-order valence-electron chi connectivity index (χ1n) is 20.6. The van der Waals surface area contributed by atoms with Gasteiger partial charge in [0.15, 0.2) is 5.82 Å². The van der Waals surface area contributed by atoms with E-state index in [2.05, 4.69) is 67.3 Å². The van der Waals surface area contributed by atoms with Gasteiger partial charge in [0, 0.05) is 101 Å². The van der Waals surface area contributed by atoms with Gasteiger partial charge >= 0.3 is 6.03 Å². The van der Waals surface area contributed by atoms with Crippen LogP contribution in [0.2, 0.25) is 5.02 Å². The molecule has 6 aliphatic heterocycles. The summed E-state index contributed by atoms with van der Waals surface area (Å²) in [6.45, 7) is 13.8. The predicted molar refractivity (Wildman–Crippen MR) is 220 cm³/mol. The highest BCUT2D eigenvalue weighted by Gasteiger charge is 2.46. The molecule has 1 aromatic heterocycles. The molecule has 0 radical (unpaired) electrons. The third kappa shape index (κ3) is 6.85. The highest BCUT2D eigenvalue weighted by molar-refractivity contribution is 6.32. The molecule has 6 aliphatic rings. The van der Waals surface area contributed by atoms with E-state index in [0.717, 1.165) is 62.5 Å². The zero-order valence-electron chi connectivity index (χ0n) is 33.3.